The molecule has 1 saturated heterocycles. The van der Waals surface area contributed by atoms with Crippen molar-refractivity contribution < 1.29 is 23.9 Å². The van der Waals surface area contributed by atoms with Gasteiger partial charge in [0.1, 0.15) is 12.2 Å². The van der Waals surface area contributed by atoms with Crippen molar-refractivity contribution in [1.29, 1.82) is 0 Å². The Morgan fingerprint density at radius 2 is 1.77 bits per heavy atom. The van der Waals surface area contributed by atoms with E-state index in [0.29, 0.717) is 45.7 Å². The third-order valence-electron chi connectivity index (χ3n) is 6.01. The smallest absolute Gasteiger partial charge is 0.335 e. The van der Waals surface area contributed by atoms with Gasteiger partial charge in [-0.1, -0.05) is 47.5 Å². The molecule has 4 amide bonds. The Kier molecular flexibility index (Phi) is 8.74. The summed E-state index contributed by atoms with van der Waals surface area (Å²) in [5.74, 6) is -0.591. The summed E-state index contributed by atoms with van der Waals surface area (Å²) in [4.78, 5) is 39.8. The van der Waals surface area contributed by atoms with Crippen molar-refractivity contribution in [2.24, 2.45) is 0 Å². The molecule has 4 rings (SSSR count). The average molecular weight is 565 g/mol. The molecule has 0 bridgehead atoms. The van der Waals surface area contributed by atoms with Crippen molar-refractivity contribution in [3.63, 3.8) is 0 Å². The molecular formula is C30H26Cl2N2O5. The summed E-state index contributed by atoms with van der Waals surface area (Å²) in [5.41, 5.74) is 2.80. The molecule has 0 atom stereocenters. The first kappa shape index (κ1) is 28.0. The molecule has 1 N–H and O–H groups in total. The molecule has 9 heteroatoms. The van der Waals surface area contributed by atoms with Crippen molar-refractivity contribution >= 4 is 52.8 Å². The van der Waals surface area contributed by atoms with Crippen LogP contribution in [0.3, 0.4) is 0 Å². The van der Waals surface area contributed by atoms with E-state index in [1.807, 2.05) is 19.1 Å². The van der Waals surface area contributed by atoms with Crippen LogP contribution in [0.5, 0.6) is 11.5 Å². The topological polar surface area (TPSA) is 84.9 Å². The number of urea groups is 1. The third kappa shape index (κ3) is 6.16. The number of barbiturate groups is 1. The van der Waals surface area contributed by atoms with E-state index in [1.165, 1.54) is 6.08 Å². The first-order valence-electron chi connectivity index (χ1n) is 12.2. The Hall–Kier alpha value is -4.07. The van der Waals surface area contributed by atoms with Gasteiger partial charge in [0.15, 0.2) is 11.5 Å². The standard InChI is InChI=1S/C30H26Cl2N2O5/c1-4-7-21-14-20(16-26(38-5-2)27(21)39-17-19-10-12-22(31)13-11-19)15-23-28(35)33-30(37)34(29(23)36)25-9-6-8-24(32)18(25)3/h4,6,8-16H,1,5,7,17H2,2-3H3,(H,33,35,37)/b23-15+. The summed E-state index contributed by atoms with van der Waals surface area (Å²) in [5, 5.41) is 3.26. The summed E-state index contributed by atoms with van der Waals surface area (Å²) in [6.45, 7) is 8.01. The number of rotatable bonds is 9. The zero-order valence-corrected chi connectivity index (χ0v) is 22.9. The van der Waals surface area contributed by atoms with Gasteiger partial charge in [0.2, 0.25) is 0 Å². The first-order chi connectivity index (χ1) is 18.7. The fourth-order valence-corrected chi connectivity index (χ4v) is 4.41. The lowest BCUT2D eigenvalue weighted by atomic mass is 10.0. The Morgan fingerprint density at radius 1 is 1.03 bits per heavy atom. The van der Waals surface area contributed by atoms with Gasteiger partial charge >= 0.3 is 6.03 Å². The van der Waals surface area contributed by atoms with E-state index in [-0.39, 0.29) is 17.9 Å². The minimum absolute atomic E-state index is 0.212. The number of allylic oxidation sites excluding steroid dienone is 1. The SMILES string of the molecule is C=CCc1cc(/C=C2\C(=O)NC(=O)N(c3cccc(Cl)c3C)C2=O)cc(OCC)c1OCc1ccc(Cl)cc1. The number of hydrogen-bond acceptors (Lipinski definition) is 5. The average Bonchev–Trinajstić information content (AvgIpc) is 2.90. The van der Waals surface area contributed by atoms with E-state index >= 15 is 0 Å². The van der Waals surface area contributed by atoms with Gasteiger partial charge in [0, 0.05) is 15.6 Å². The number of nitrogens with one attached hydrogen (secondary N) is 1. The molecule has 0 aromatic heterocycles. The van der Waals surface area contributed by atoms with Crippen LogP contribution in [0.15, 0.2) is 72.8 Å². The largest absolute Gasteiger partial charge is 0.490 e. The normalized spacial score (nSPS) is 14.4. The minimum atomic E-state index is -0.846. The van der Waals surface area contributed by atoms with Crippen molar-refractivity contribution in [2.75, 3.05) is 11.5 Å². The number of hydrogen-bond donors (Lipinski definition) is 1. The maximum atomic E-state index is 13.4. The Labute approximate surface area is 236 Å². The lowest BCUT2D eigenvalue weighted by Gasteiger charge is -2.27. The van der Waals surface area contributed by atoms with E-state index in [0.717, 1.165) is 16.0 Å². The van der Waals surface area contributed by atoms with Gasteiger partial charge in [-0.2, -0.15) is 0 Å². The monoisotopic (exact) mass is 564 g/mol. The van der Waals surface area contributed by atoms with Gasteiger partial charge in [-0.3, -0.25) is 14.9 Å². The molecular weight excluding hydrogens is 539 g/mol. The fraction of sp³-hybridized carbons (Fsp3) is 0.167. The molecule has 1 heterocycles. The van der Waals surface area contributed by atoms with Gasteiger partial charge in [0.05, 0.1) is 12.3 Å². The molecule has 0 unspecified atom stereocenters. The number of halogens is 2. The predicted octanol–water partition coefficient (Wildman–Crippen LogP) is 6.67. The Morgan fingerprint density at radius 3 is 2.46 bits per heavy atom. The Bertz CT molecular complexity index is 1480. The highest BCUT2D eigenvalue weighted by atomic mass is 35.5. The second-order valence-electron chi connectivity index (χ2n) is 8.69. The van der Waals surface area contributed by atoms with Crippen LogP contribution >= 0.6 is 23.2 Å². The van der Waals surface area contributed by atoms with Crippen LogP contribution in [0.25, 0.3) is 6.08 Å². The maximum Gasteiger partial charge on any atom is 0.335 e. The maximum absolute atomic E-state index is 13.4. The lowest BCUT2D eigenvalue weighted by Crippen LogP contribution is -2.54. The summed E-state index contributed by atoms with van der Waals surface area (Å²) in [6.07, 6.45) is 3.59. The molecule has 3 aromatic rings. The van der Waals surface area contributed by atoms with Crippen molar-refractivity contribution in [1.82, 2.24) is 5.32 Å². The molecule has 1 aliphatic rings. The molecule has 7 nitrogen and oxygen atoms in total. The molecule has 200 valence electrons. The molecule has 0 radical (unpaired) electrons. The number of ether oxygens (including phenoxy) is 2. The number of benzene rings is 3. The van der Waals surface area contributed by atoms with Crippen LogP contribution in [0.4, 0.5) is 10.5 Å². The highest BCUT2D eigenvalue weighted by Crippen LogP contribution is 2.36. The van der Waals surface area contributed by atoms with Crippen LogP contribution in [0.2, 0.25) is 10.0 Å². The first-order valence-corrected chi connectivity index (χ1v) is 12.9. The zero-order valence-electron chi connectivity index (χ0n) is 21.4. The van der Waals surface area contributed by atoms with E-state index in [2.05, 4.69) is 11.9 Å². The molecule has 3 aromatic carbocycles. The summed E-state index contributed by atoms with van der Waals surface area (Å²) in [6, 6.07) is 14.8. The van der Waals surface area contributed by atoms with E-state index < -0.39 is 17.8 Å². The van der Waals surface area contributed by atoms with Gasteiger partial charge in [-0.25, -0.2) is 9.69 Å². The number of amides is 4. The summed E-state index contributed by atoms with van der Waals surface area (Å²) < 4.78 is 12.0. The number of carbonyl (C=O) groups is 3. The van der Waals surface area contributed by atoms with Crippen molar-refractivity contribution in [2.45, 2.75) is 26.9 Å². The fourth-order valence-electron chi connectivity index (χ4n) is 4.12. The molecule has 0 aliphatic carbocycles. The quantitative estimate of drug-likeness (QED) is 0.178. The van der Waals surface area contributed by atoms with Gasteiger partial charge in [0.25, 0.3) is 11.8 Å². The highest BCUT2D eigenvalue weighted by molar-refractivity contribution is 6.40. The van der Waals surface area contributed by atoms with Crippen LogP contribution in [0.1, 0.15) is 29.2 Å². The summed E-state index contributed by atoms with van der Waals surface area (Å²) >= 11 is 12.2. The molecule has 0 spiro atoms. The summed E-state index contributed by atoms with van der Waals surface area (Å²) in [7, 11) is 0. The van der Waals surface area contributed by atoms with Gasteiger partial charge in [-0.15, -0.1) is 6.58 Å². The van der Waals surface area contributed by atoms with E-state index in [4.69, 9.17) is 32.7 Å². The molecule has 0 saturated carbocycles. The van der Waals surface area contributed by atoms with E-state index in [9.17, 15) is 14.4 Å². The number of imide groups is 2. The third-order valence-corrected chi connectivity index (χ3v) is 6.67. The number of anilines is 1. The number of nitrogens with zero attached hydrogens (tertiary/aromatic N) is 1. The van der Waals surface area contributed by atoms with Crippen LogP contribution in [-0.2, 0) is 22.6 Å². The van der Waals surface area contributed by atoms with Crippen molar-refractivity contribution in [3.8, 4) is 11.5 Å². The predicted molar refractivity (Wildman–Crippen MR) is 152 cm³/mol. The lowest BCUT2D eigenvalue weighted by molar-refractivity contribution is -0.122. The number of carbonyl (C=O) groups excluding carboxylic acids is 3. The van der Waals surface area contributed by atoms with Crippen molar-refractivity contribution in [3.05, 3.63) is 105 Å². The minimum Gasteiger partial charge on any atom is -0.490 e. The molecule has 1 fully saturated rings. The van der Waals surface area contributed by atoms with Crippen LogP contribution < -0.4 is 19.7 Å². The second-order valence-corrected chi connectivity index (χ2v) is 9.53. The Balaban J connectivity index is 1.73. The second kappa shape index (κ2) is 12.2. The van der Waals surface area contributed by atoms with Crippen LogP contribution in [0, 0.1) is 6.92 Å². The zero-order chi connectivity index (χ0) is 28.1. The van der Waals surface area contributed by atoms with Crippen LogP contribution in [-0.4, -0.2) is 24.5 Å². The molecule has 39 heavy (non-hydrogen) atoms. The van der Waals surface area contributed by atoms with Gasteiger partial charge < -0.3 is 9.47 Å². The van der Waals surface area contributed by atoms with Gasteiger partial charge in [-0.05, 0) is 79.4 Å². The van der Waals surface area contributed by atoms with E-state index in [1.54, 1.807) is 55.5 Å². The highest BCUT2D eigenvalue weighted by Gasteiger charge is 2.37. The molecule has 1 aliphatic heterocycles.